The maximum absolute atomic E-state index is 12.7. The topological polar surface area (TPSA) is 51.9 Å². The summed E-state index contributed by atoms with van der Waals surface area (Å²) in [6.45, 7) is 9.74. The van der Waals surface area contributed by atoms with Gasteiger partial charge in [0.15, 0.2) is 0 Å². The third kappa shape index (κ3) is 2.93. The SMILES string of the molecule is CC(C)(C)OC(=O)N1[C@H](c2coc3ccccc23)COC1(C)C. The molecule has 3 rings (SSSR count). The van der Waals surface area contributed by atoms with E-state index in [1.165, 1.54) is 0 Å². The Bertz CT molecular complexity index is 726. The molecule has 2 heterocycles. The third-order valence-corrected chi connectivity index (χ3v) is 3.95. The maximum Gasteiger partial charge on any atom is 0.413 e. The lowest BCUT2D eigenvalue weighted by Gasteiger charge is -2.34. The summed E-state index contributed by atoms with van der Waals surface area (Å²) in [7, 11) is 0. The molecule has 1 aromatic heterocycles. The minimum atomic E-state index is -0.731. The average molecular weight is 317 g/mol. The highest BCUT2D eigenvalue weighted by atomic mass is 16.6. The molecular formula is C18H23NO4. The number of ether oxygens (including phenoxy) is 2. The van der Waals surface area contributed by atoms with Crippen LogP contribution in [-0.2, 0) is 9.47 Å². The third-order valence-electron chi connectivity index (χ3n) is 3.95. The van der Waals surface area contributed by atoms with Gasteiger partial charge in [0.05, 0.1) is 18.9 Å². The van der Waals surface area contributed by atoms with E-state index in [0.717, 1.165) is 16.5 Å². The Hall–Kier alpha value is -2.01. The van der Waals surface area contributed by atoms with Gasteiger partial charge in [-0.05, 0) is 40.7 Å². The molecule has 5 heteroatoms. The van der Waals surface area contributed by atoms with Gasteiger partial charge >= 0.3 is 6.09 Å². The highest BCUT2D eigenvalue weighted by Gasteiger charge is 2.47. The molecule has 0 unspecified atom stereocenters. The molecule has 2 aromatic rings. The molecule has 1 fully saturated rings. The lowest BCUT2D eigenvalue weighted by atomic mass is 10.0. The zero-order valence-corrected chi connectivity index (χ0v) is 14.3. The molecule has 1 amide bonds. The molecule has 124 valence electrons. The largest absolute Gasteiger partial charge is 0.464 e. The summed E-state index contributed by atoms with van der Waals surface area (Å²) in [5.74, 6) is 0. The predicted molar refractivity (Wildman–Crippen MR) is 87.1 cm³/mol. The van der Waals surface area contributed by atoms with Crippen LogP contribution in [-0.4, -0.2) is 28.9 Å². The highest BCUT2D eigenvalue weighted by molar-refractivity contribution is 5.82. The lowest BCUT2D eigenvalue weighted by Crippen LogP contribution is -2.47. The van der Waals surface area contributed by atoms with Crippen molar-refractivity contribution in [3.63, 3.8) is 0 Å². The quantitative estimate of drug-likeness (QED) is 0.778. The number of hydrogen-bond donors (Lipinski definition) is 0. The molecular weight excluding hydrogens is 294 g/mol. The number of carbonyl (C=O) groups excluding carboxylic acids is 1. The predicted octanol–water partition coefficient (Wildman–Crippen LogP) is 4.48. The van der Waals surface area contributed by atoms with Gasteiger partial charge in [-0.25, -0.2) is 4.79 Å². The Morgan fingerprint density at radius 2 is 2.00 bits per heavy atom. The van der Waals surface area contributed by atoms with E-state index < -0.39 is 11.3 Å². The summed E-state index contributed by atoms with van der Waals surface area (Å²) in [5.41, 5.74) is 0.456. The molecule has 0 bridgehead atoms. The van der Waals surface area contributed by atoms with Gasteiger partial charge in [-0.3, -0.25) is 4.90 Å². The van der Waals surface area contributed by atoms with Crippen molar-refractivity contribution in [2.24, 2.45) is 0 Å². The van der Waals surface area contributed by atoms with E-state index in [-0.39, 0.29) is 12.1 Å². The summed E-state index contributed by atoms with van der Waals surface area (Å²) in [4.78, 5) is 14.4. The number of nitrogens with zero attached hydrogens (tertiary/aromatic N) is 1. The summed E-state index contributed by atoms with van der Waals surface area (Å²) in [6.07, 6.45) is 1.33. The van der Waals surface area contributed by atoms with Crippen LogP contribution in [0.25, 0.3) is 11.0 Å². The van der Waals surface area contributed by atoms with E-state index in [4.69, 9.17) is 13.9 Å². The minimum Gasteiger partial charge on any atom is -0.464 e. The van der Waals surface area contributed by atoms with Gasteiger partial charge in [0.1, 0.15) is 16.9 Å². The van der Waals surface area contributed by atoms with Crippen molar-refractivity contribution < 1.29 is 18.7 Å². The fourth-order valence-corrected chi connectivity index (χ4v) is 2.95. The van der Waals surface area contributed by atoms with E-state index in [9.17, 15) is 4.79 Å². The van der Waals surface area contributed by atoms with Crippen LogP contribution in [0, 0.1) is 0 Å². The minimum absolute atomic E-state index is 0.233. The van der Waals surface area contributed by atoms with Crippen LogP contribution in [0.1, 0.15) is 46.2 Å². The molecule has 1 aliphatic rings. The molecule has 0 aliphatic carbocycles. The van der Waals surface area contributed by atoms with E-state index in [0.29, 0.717) is 6.61 Å². The number of furan rings is 1. The molecule has 0 saturated carbocycles. The van der Waals surface area contributed by atoms with Crippen molar-refractivity contribution in [2.75, 3.05) is 6.61 Å². The monoisotopic (exact) mass is 317 g/mol. The molecule has 23 heavy (non-hydrogen) atoms. The first-order valence-electron chi connectivity index (χ1n) is 7.81. The zero-order valence-electron chi connectivity index (χ0n) is 14.3. The van der Waals surface area contributed by atoms with E-state index in [2.05, 4.69) is 0 Å². The molecule has 0 N–H and O–H groups in total. The summed E-state index contributed by atoms with van der Waals surface area (Å²) in [5, 5.41) is 0.993. The number of fused-ring (bicyclic) bond motifs is 1. The lowest BCUT2D eigenvalue weighted by molar-refractivity contribution is -0.0625. The number of benzene rings is 1. The molecule has 1 saturated heterocycles. The number of amides is 1. The number of carbonyl (C=O) groups is 1. The van der Waals surface area contributed by atoms with Crippen molar-refractivity contribution in [2.45, 2.75) is 52.0 Å². The van der Waals surface area contributed by atoms with Gasteiger partial charge in [0.25, 0.3) is 0 Å². The van der Waals surface area contributed by atoms with Gasteiger partial charge in [0.2, 0.25) is 0 Å². The molecule has 0 spiro atoms. The summed E-state index contributed by atoms with van der Waals surface area (Å²) < 4.78 is 17.1. The average Bonchev–Trinajstić information content (AvgIpc) is 2.97. The summed E-state index contributed by atoms with van der Waals surface area (Å²) >= 11 is 0. The molecule has 5 nitrogen and oxygen atoms in total. The van der Waals surface area contributed by atoms with Gasteiger partial charge < -0.3 is 13.9 Å². The fraction of sp³-hybridized carbons (Fsp3) is 0.500. The van der Waals surface area contributed by atoms with E-state index >= 15 is 0 Å². The second kappa shape index (κ2) is 5.27. The van der Waals surface area contributed by atoms with Gasteiger partial charge in [-0.1, -0.05) is 18.2 Å². The Kier molecular flexibility index (Phi) is 3.64. The van der Waals surface area contributed by atoms with Crippen LogP contribution in [0.4, 0.5) is 4.79 Å². The van der Waals surface area contributed by atoms with Crippen LogP contribution in [0.2, 0.25) is 0 Å². The normalized spacial score (nSPS) is 20.9. The first kappa shape index (κ1) is 15.9. The number of hydrogen-bond acceptors (Lipinski definition) is 4. The second-order valence-electron chi connectivity index (χ2n) is 7.31. The van der Waals surface area contributed by atoms with Crippen molar-refractivity contribution in [3.8, 4) is 0 Å². The van der Waals surface area contributed by atoms with Crippen LogP contribution in [0.3, 0.4) is 0 Å². The van der Waals surface area contributed by atoms with Crippen LogP contribution in [0.15, 0.2) is 34.9 Å². The first-order chi connectivity index (χ1) is 10.7. The maximum atomic E-state index is 12.7. The van der Waals surface area contributed by atoms with Crippen LogP contribution >= 0.6 is 0 Å². The van der Waals surface area contributed by atoms with Gasteiger partial charge in [-0.15, -0.1) is 0 Å². The van der Waals surface area contributed by atoms with Crippen molar-refractivity contribution in [3.05, 3.63) is 36.1 Å². The van der Waals surface area contributed by atoms with Crippen molar-refractivity contribution >= 4 is 17.1 Å². The molecule has 1 aliphatic heterocycles. The highest BCUT2D eigenvalue weighted by Crippen LogP contribution is 2.40. The van der Waals surface area contributed by atoms with Gasteiger partial charge in [-0.2, -0.15) is 0 Å². The summed E-state index contributed by atoms with van der Waals surface area (Å²) in [6, 6.07) is 7.56. The Labute approximate surface area is 136 Å². The van der Waals surface area contributed by atoms with E-state index in [1.54, 1.807) is 11.2 Å². The fourth-order valence-electron chi connectivity index (χ4n) is 2.95. The molecule has 1 aromatic carbocycles. The van der Waals surface area contributed by atoms with Crippen LogP contribution < -0.4 is 0 Å². The Balaban J connectivity index is 1.99. The smallest absolute Gasteiger partial charge is 0.413 e. The second-order valence-corrected chi connectivity index (χ2v) is 7.31. The van der Waals surface area contributed by atoms with Crippen molar-refractivity contribution in [1.82, 2.24) is 4.90 Å². The zero-order chi connectivity index (χ0) is 16.8. The van der Waals surface area contributed by atoms with E-state index in [1.807, 2.05) is 58.9 Å². The van der Waals surface area contributed by atoms with Gasteiger partial charge in [0, 0.05) is 10.9 Å². The molecule has 1 atom stereocenters. The number of rotatable bonds is 1. The van der Waals surface area contributed by atoms with Crippen molar-refractivity contribution in [1.29, 1.82) is 0 Å². The standard InChI is InChI=1S/C18H23NO4/c1-17(2,3)23-16(20)19-14(11-22-18(19,4)5)13-10-21-15-9-7-6-8-12(13)15/h6-10,14H,11H2,1-5H3/t14-/m0/s1. The first-order valence-corrected chi connectivity index (χ1v) is 7.81. The van der Waals surface area contributed by atoms with Crippen LogP contribution in [0.5, 0.6) is 0 Å². The Morgan fingerprint density at radius 1 is 1.30 bits per heavy atom. The number of para-hydroxylation sites is 1. The molecule has 0 radical (unpaired) electrons. The Morgan fingerprint density at radius 3 is 2.70 bits per heavy atom.